The molecule has 0 saturated heterocycles. The Morgan fingerprint density at radius 2 is 1.61 bits per heavy atom. The summed E-state index contributed by atoms with van der Waals surface area (Å²) in [4.78, 5) is 3.59. The second-order valence-corrected chi connectivity index (χ2v) is 4.93. The number of halogens is 4. The Balaban J connectivity index is 2.22. The van der Waals surface area contributed by atoms with E-state index in [1.807, 2.05) is 12.1 Å². The lowest BCUT2D eigenvalue weighted by atomic mass is 10.0. The van der Waals surface area contributed by atoms with Crippen molar-refractivity contribution in [2.45, 2.75) is 11.2 Å². The molecule has 1 heterocycles. The van der Waals surface area contributed by atoms with Gasteiger partial charge in [-0.25, -0.2) is 13.2 Å². The third kappa shape index (κ3) is 2.90. The van der Waals surface area contributed by atoms with E-state index < -0.39 is 17.5 Å². The average molecular weight is 316 g/mol. The van der Waals surface area contributed by atoms with Gasteiger partial charge in [0, 0.05) is 17.2 Å². The lowest BCUT2D eigenvalue weighted by Crippen LogP contribution is -2.00. The van der Waals surface area contributed by atoms with Gasteiger partial charge in [0.15, 0.2) is 17.5 Å². The minimum atomic E-state index is -1.44. The molecule has 1 aromatic carbocycles. The minimum absolute atomic E-state index is 0.288. The van der Waals surface area contributed by atoms with Crippen LogP contribution in [-0.2, 0) is 6.42 Å². The summed E-state index contributed by atoms with van der Waals surface area (Å²) in [6.45, 7) is 0. The summed E-state index contributed by atoms with van der Waals surface area (Å²) in [7, 11) is 0. The summed E-state index contributed by atoms with van der Waals surface area (Å²) in [5.41, 5.74) is 1.33. The minimum Gasteiger partial charge on any atom is -0.265 e. The summed E-state index contributed by atoms with van der Waals surface area (Å²) in [6, 6.07) is 5.62. The summed E-state index contributed by atoms with van der Waals surface area (Å²) < 4.78 is 39.0. The Morgan fingerprint density at radius 1 is 1.06 bits per heavy atom. The molecule has 2 aromatic rings. The number of benzene rings is 1. The Kier molecular flexibility index (Phi) is 4.01. The number of pyridine rings is 1. The van der Waals surface area contributed by atoms with E-state index in [1.54, 1.807) is 12.4 Å². The number of alkyl halides is 1. The predicted octanol–water partition coefficient (Wildman–Crippen LogP) is 4.18. The molecule has 0 radical (unpaired) electrons. The average Bonchev–Trinajstić information content (AvgIpc) is 2.36. The van der Waals surface area contributed by atoms with Crippen LogP contribution >= 0.6 is 15.9 Å². The summed E-state index contributed by atoms with van der Waals surface area (Å²) >= 11 is 3.34. The Labute approximate surface area is 111 Å². The van der Waals surface area contributed by atoms with Crippen molar-refractivity contribution in [2.75, 3.05) is 0 Å². The Bertz CT molecular complexity index is 522. The highest BCUT2D eigenvalue weighted by Crippen LogP contribution is 2.29. The standard InChI is InChI=1S/C13H9BrF3N/c14-10(5-8-1-3-18-4-2-8)9-6-11(15)13(17)12(16)7-9/h1-4,6-7,10H,5H2. The summed E-state index contributed by atoms with van der Waals surface area (Å²) in [6.07, 6.45) is 3.81. The highest BCUT2D eigenvalue weighted by Gasteiger charge is 2.15. The smallest absolute Gasteiger partial charge is 0.194 e. The van der Waals surface area contributed by atoms with Gasteiger partial charge in [0.2, 0.25) is 0 Å². The van der Waals surface area contributed by atoms with Gasteiger partial charge in [0.05, 0.1) is 0 Å². The first kappa shape index (κ1) is 13.1. The van der Waals surface area contributed by atoms with Gasteiger partial charge in [0.1, 0.15) is 0 Å². The molecule has 2 rings (SSSR count). The monoisotopic (exact) mass is 315 g/mol. The highest BCUT2D eigenvalue weighted by molar-refractivity contribution is 9.09. The Hall–Kier alpha value is -1.36. The molecule has 0 amide bonds. The van der Waals surface area contributed by atoms with Crippen LogP contribution in [0.3, 0.4) is 0 Å². The number of hydrogen-bond acceptors (Lipinski definition) is 1. The fourth-order valence-electron chi connectivity index (χ4n) is 1.60. The van der Waals surface area contributed by atoms with Crippen molar-refractivity contribution in [3.63, 3.8) is 0 Å². The highest BCUT2D eigenvalue weighted by atomic mass is 79.9. The molecule has 0 aliphatic rings. The van der Waals surface area contributed by atoms with Crippen LogP contribution in [0.15, 0.2) is 36.7 Å². The zero-order valence-electron chi connectivity index (χ0n) is 9.21. The maximum absolute atomic E-state index is 13.1. The predicted molar refractivity (Wildman–Crippen MR) is 65.9 cm³/mol. The molecular weight excluding hydrogens is 307 g/mol. The SMILES string of the molecule is Fc1cc(C(Br)Cc2ccncc2)cc(F)c1F. The number of nitrogens with zero attached hydrogens (tertiary/aromatic N) is 1. The van der Waals surface area contributed by atoms with Crippen LogP contribution in [0.4, 0.5) is 13.2 Å². The molecule has 0 fully saturated rings. The van der Waals surface area contributed by atoms with Crippen LogP contribution in [0.2, 0.25) is 0 Å². The van der Waals surface area contributed by atoms with Gasteiger partial charge >= 0.3 is 0 Å². The van der Waals surface area contributed by atoms with Crippen LogP contribution < -0.4 is 0 Å². The van der Waals surface area contributed by atoms with E-state index in [2.05, 4.69) is 20.9 Å². The maximum Gasteiger partial charge on any atom is 0.194 e. The van der Waals surface area contributed by atoms with Crippen molar-refractivity contribution < 1.29 is 13.2 Å². The van der Waals surface area contributed by atoms with E-state index in [0.717, 1.165) is 17.7 Å². The normalized spacial score (nSPS) is 12.4. The van der Waals surface area contributed by atoms with E-state index in [4.69, 9.17) is 0 Å². The largest absolute Gasteiger partial charge is 0.265 e. The first-order valence-corrected chi connectivity index (χ1v) is 6.17. The van der Waals surface area contributed by atoms with Crippen molar-refractivity contribution in [3.8, 4) is 0 Å². The van der Waals surface area contributed by atoms with Crippen LogP contribution in [0.25, 0.3) is 0 Å². The van der Waals surface area contributed by atoms with Crippen LogP contribution in [-0.4, -0.2) is 4.98 Å². The van der Waals surface area contributed by atoms with Crippen molar-refractivity contribution in [1.29, 1.82) is 0 Å². The molecular formula is C13H9BrF3N. The number of aromatic nitrogens is 1. The summed E-state index contributed by atoms with van der Waals surface area (Å²) in [5, 5.41) is 0. The molecule has 0 saturated carbocycles. The zero-order valence-corrected chi connectivity index (χ0v) is 10.8. The van der Waals surface area contributed by atoms with Gasteiger partial charge in [0.25, 0.3) is 0 Å². The molecule has 0 aliphatic heterocycles. The first-order chi connectivity index (χ1) is 8.58. The second-order valence-electron chi connectivity index (χ2n) is 3.83. The van der Waals surface area contributed by atoms with E-state index >= 15 is 0 Å². The van der Waals surface area contributed by atoms with Gasteiger partial charge in [-0.2, -0.15) is 0 Å². The van der Waals surface area contributed by atoms with E-state index in [1.165, 1.54) is 0 Å². The van der Waals surface area contributed by atoms with E-state index in [-0.39, 0.29) is 4.83 Å². The Morgan fingerprint density at radius 3 is 2.17 bits per heavy atom. The van der Waals surface area contributed by atoms with E-state index in [0.29, 0.717) is 12.0 Å². The molecule has 0 bridgehead atoms. The van der Waals surface area contributed by atoms with Crippen LogP contribution in [0.5, 0.6) is 0 Å². The van der Waals surface area contributed by atoms with Crippen molar-refractivity contribution in [3.05, 3.63) is 65.2 Å². The molecule has 1 unspecified atom stereocenters. The van der Waals surface area contributed by atoms with Gasteiger partial charge in [-0.1, -0.05) is 15.9 Å². The molecule has 0 N–H and O–H groups in total. The summed E-state index contributed by atoms with van der Waals surface area (Å²) in [5.74, 6) is -3.80. The first-order valence-electron chi connectivity index (χ1n) is 5.25. The second kappa shape index (κ2) is 5.52. The fourth-order valence-corrected chi connectivity index (χ4v) is 2.24. The van der Waals surface area contributed by atoms with Gasteiger partial charge in [-0.15, -0.1) is 0 Å². The van der Waals surface area contributed by atoms with Crippen LogP contribution in [0.1, 0.15) is 16.0 Å². The van der Waals surface area contributed by atoms with E-state index in [9.17, 15) is 13.2 Å². The van der Waals surface area contributed by atoms with Crippen molar-refractivity contribution in [2.24, 2.45) is 0 Å². The van der Waals surface area contributed by atoms with Crippen molar-refractivity contribution >= 4 is 15.9 Å². The molecule has 94 valence electrons. The molecule has 18 heavy (non-hydrogen) atoms. The molecule has 1 atom stereocenters. The fraction of sp³-hybridized carbons (Fsp3) is 0.154. The molecule has 0 spiro atoms. The van der Waals surface area contributed by atoms with Gasteiger partial charge in [-0.05, 0) is 41.8 Å². The van der Waals surface area contributed by atoms with Crippen LogP contribution in [0, 0.1) is 17.5 Å². The zero-order chi connectivity index (χ0) is 13.1. The quantitative estimate of drug-likeness (QED) is 0.611. The molecule has 5 heteroatoms. The van der Waals surface area contributed by atoms with Gasteiger partial charge < -0.3 is 0 Å². The van der Waals surface area contributed by atoms with Gasteiger partial charge in [-0.3, -0.25) is 4.98 Å². The molecule has 0 aliphatic carbocycles. The molecule has 1 aromatic heterocycles. The molecule has 1 nitrogen and oxygen atoms in total. The third-order valence-electron chi connectivity index (χ3n) is 2.53. The third-order valence-corrected chi connectivity index (χ3v) is 3.38. The lowest BCUT2D eigenvalue weighted by molar-refractivity contribution is 0.445. The topological polar surface area (TPSA) is 12.9 Å². The number of rotatable bonds is 3. The maximum atomic E-state index is 13.1. The van der Waals surface area contributed by atoms with Crippen molar-refractivity contribution in [1.82, 2.24) is 4.98 Å². The lowest BCUT2D eigenvalue weighted by Gasteiger charge is -2.11. The number of hydrogen-bond donors (Lipinski definition) is 0.